The summed E-state index contributed by atoms with van der Waals surface area (Å²) in [5.41, 5.74) is 2.65. The van der Waals surface area contributed by atoms with Crippen LogP contribution >= 0.6 is 0 Å². The molecular weight excluding hydrogens is 479 g/mol. The standard InChI is InChI=1S/C25H25FN8O3/c1-32(2)8-4-7-28-25(36)23-16-13-29-18(15-14-30-33-9-5-6-27-24(15)33)11-19(16)34(31-23)20-10-17(26)21(35)12-22(20)37-3/h5-6,9-14,35H,4,7-8H2,1-3H3,(H,28,36). The van der Waals surface area contributed by atoms with Crippen LogP contribution in [0.3, 0.4) is 0 Å². The molecule has 11 nitrogen and oxygen atoms in total. The molecule has 0 aliphatic carbocycles. The Morgan fingerprint density at radius 2 is 2.05 bits per heavy atom. The number of aromatic nitrogens is 6. The van der Waals surface area contributed by atoms with Crippen LogP contribution in [-0.2, 0) is 0 Å². The average molecular weight is 505 g/mol. The maximum Gasteiger partial charge on any atom is 0.272 e. The number of phenolic OH excluding ortho intramolecular Hbond substituents is 1. The largest absolute Gasteiger partial charge is 0.505 e. The second kappa shape index (κ2) is 9.82. The van der Waals surface area contributed by atoms with Crippen molar-refractivity contribution in [1.82, 2.24) is 39.6 Å². The van der Waals surface area contributed by atoms with Gasteiger partial charge >= 0.3 is 0 Å². The van der Waals surface area contributed by atoms with Gasteiger partial charge in [-0.2, -0.15) is 10.2 Å². The molecule has 0 atom stereocenters. The van der Waals surface area contributed by atoms with Crippen LogP contribution < -0.4 is 10.1 Å². The average Bonchev–Trinajstić information content (AvgIpc) is 3.49. The Morgan fingerprint density at radius 3 is 2.84 bits per heavy atom. The summed E-state index contributed by atoms with van der Waals surface area (Å²) < 4.78 is 22.9. The lowest BCUT2D eigenvalue weighted by Gasteiger charge is -2.11. The number of hydrogen-bond acceptors (Lipinski definition) is 8. The van der Waals surface area contributed by atoms with Crippen LogP contribution in [0.25, 0.3) is 33.5 Å². The fraction of sp³-hybridized carbons (Fsp3) is 0.240. The SMILES string of the molecule is COc1cc(O)c(F)cc1-n1nc(C(=O)NCCCN(C)C)c2cnc(-c3cnn4cccnc34)cc21. The van der Waals surface area contributed by atoms with E-state index in [0.29, 0.717) is 34.4 Å². The summed E-state index contributed by atoms with van der Waals surface area (Å²) in [5, 5.41) is 22.1. The fourth-order valence-electron chi connectivity index (χ4n) is 4.06. The minimum atomic E-state index is -0.852. The van der Waals surface area contributed by atoms with Crippen molar-refractivity contribution in [2.24, 2.45) is 0 Å². The molecule has 0 aliphatic heterocycles. The van der Waals surface area contributed by atoms with Gasteiger partial charge in [0.2, 0.25) is 0 Å². The van der Waals surface area contributed by atoms with Crippen LogP contribution in [0.1, 0.15) is 16.9 Å². The maximum atomic E-state index is 14.4. The maximum absolute atomic E-state index is 14.4. The molecule has 4 aromatic heterocycles. The van der Waals surface area contributed by atoms with Gasteiger partial charge in [0, 0.05) is 37.3 Å². The van der Waals surface area contributed by atoms with E-state index in [2.05, 4.69) is 25.5 Å². The molecule has 12 heteroatoms. The lowest BCUT2D eigenvalue weighted by Crippen LogP contribution is -2.27. The van der Waals surface area contributed by atoms with Gasteiger partial charge in [-0.3, -0.25) is 9.78 Å². The molecular formula is C25H25FN8O3. The van der Waals surface area contributed by atoms with Gasteiger partial charge < -0.3 is 20.1 Å². The van der Waals surface area contributed by atoms with Crippen molar-refractivity contribution in [3.63, 3.8) is 0 Å². The number of benzene rings is 1. The van der Waals surface area contributed by atoms with Gasteiger partial charge in [0.25, 0.3) is 5.91 Å². The number of carbonyl (C=O) groups is 1. The highest BCUT2D eigenvalue weighted by molar-refractivity contribution is 6.05. The Kier molecular flexibility index (Phi) is 6.40. The zero-order chi connectivity index (χ0) is 26.1. The van der Waals surface area contributed by atoms with Gasteiger partial charge in [0.1, 0.15) is 11.4 Å². The van der Waals surface area contributed by atoms with Crippen molar-refractivity contribution in [1.29, 1.82) is 0 Å². The Labute approximate surface area is 211 Å². The molecule has 5 aromatic rings. The summed E-state index contributed by atoms with van der Waals surface area (Å²) in [5.74, 6) is -1.61. The first kappa shape index (κ1) is 24.1. The third-order valence-corrected chi connectivity index (χ3v) is 5.88. The molecule has 0 aliphatic rings. The molecule has 1 aromatic carbocycles. The van der Waals surface area contributed by atoms with Crippen LogP contribution in [0.15, 0.2) is 49.1 Å². The Morgan fingerprint density at radius 1 is 1.22 bits per heavy atom. The lowest BCUT2D eigenvalue weighted by atomic mass is 10.1. The van der Waals surface area contributed by atoms with Gasteiger partial charge in [-0.15, -0.1) is 0 Å². The number of amides is 1. The molecule has 4 heterocycles. The third kappa shape index (κ3) is 4.54. The number of rotatable bonds is 8. The topological polar surface area (TPSA) is 123 Å². The summed E-state index contributed by atoms with van der Waals surface area (Å²) in [6, 6.07) is 5.78. The number of hydrogen-bond donors (Lipinski definition) is 2. The summed E-state index contributed by atoms with van der Waals surface area (Å²) in [6.07, 6.45) is 7.40. The first-order valence-corrected chi connectivity index (χ1v) is 11.5. The molecule has 0 saturated heterocycles. The summed E-state index contributed by atoms with van der Waals surface area (Å²) >= 11 is 0. The van der Waals surface area contributed by atoms with Crippen LogP contribution in [0.4, 0.5) is 4.39 Å². The van der Waals surface area contributed by atoms with Crippen LogP contribution in [0.2, 0.25) is 0 Å². The second-order valence-corrected chi connectivity index (χ2v) is 8.68. The highest BCUT2D eigenvalue weighted by Crippen LogP contribution is 2.34. The minimum absolute atomic E-state index is 0.132. The van der Waals surface area contributed by atoms with E-state index in [1.54, 1.807) is 41.4 Å². The number of ether oxygens (including phenoxy) is 1. The number of pyridine rings is 1. The first-order valence-electron chi connectivity index (χ1n) is 11.5. The molecule has 0 saturated carbocycles. The van der Waals surface area contributed by atoms with Crippen LogP contribution in [0.5, 0.6) is 11.5 Å². The van der Waals surface area contributed by atoms with E-state index >= 15 is 0 Å². The van der Waals surface area contributed by atoms with Crippen LogP contribution in [0, 0.1) is 5.82 Å². The van der Waals surface area contributed by atoms with Crippen molar-refractivity contribution in [3.8, 4) is 28.4 Å². The van der Waals surface area contributed by atoms with Crippen molar-refractivity contribution in [2.75, 3.05) is 34.3 Å². The number of nitrogens with zero attached hydrogens (tertiary/aromatic N) is 7. The summed E-state index contributed by atoms with van der Waals surface area (Å²) in [4.78, 5) is 24.1. The molecule has 190 valence electrons. The van der Waals surface area contributed by atoms with Gasteiger partial charge in [0.15, 0.2) is 22.9 Å². The van der Waals surface area contributed by atoms with E-state index in [9.17, 15) is 14.3 Å². The number of nitrogens with one attached hydrogen (secondary N) is 1. The van der Waals surface area contributed by atoms with Crippen molar-refractivity contribution < 1.29 is 19.0 Å². The number of methoxy groups -OCH3 is 1. The molecule has 1 amide bonds. The minimum Gasteiger partial charge on any atom is -0.505 e. The Hall–Kier alpha value is -4.58. The van der Waals surface area contributed by atoms with Gasteiger partial charge in [-0.05, 0) is 39.2 Å². The van der Waals surface area contributed by atoms with E-state index in [4.69, 9.17) is 4.74 Å². The number of aromatic hydroxyl groups is 1. The zero-order valence-corrected chi connectivity index (χ0v) is 20.5. The Bertz CT molecular complexity index is 1610. The normalized spacial score (nSPS) is 11.5. The lowest BCUT2D eigenvalue weighted by molar-refractivity contribution is 0.0948. The fourth-order valence-corrected chi connectivity index (χ4v) is 4.06. The van der Waals surface area contributed by atoms with Crippen molar-refractivity contribution in [3.05, 3.63) is 60.6 Å². The molecule has 0 radical (unpaired) electrons. The molecule has 0 unspecified atom stereocenters. The van der Waals surface area contributed by atoms with E-state index in [1.807, 2.05) is 19.0 Å². The number of halogens is 1. The smallest absolute Gasteiger partial charge is 0.272 e. The predicted molar refractivity (Wildman–Crippen MR) is 135 cm³/mol. The summed E-state index contributed by atoms with van der Waals surface area (Å²) in [6.45, 7) is 1.28. The molecule has 0 fully saturated rings. The highest BCUT2D eigenvalue weighted by atomic mass is 19.1. The van der Waals surface area contributed by atoms with Crippen molar-refractivity contribution >= 4 is 22.5 Å². The number of phenols is 1. The molecule has 37 heavy (non-hydrogen) atoms. The molecule has 2 N–H and O–H groups in total. The second-order valence-electron chi connectivity index (χ2n) is 8.68. The summed E-state index contributed by atoms with van der Waals surface area (Å²) in [7, 11) is 5.33. The quantitative estimate of drug-likeness (QED) is 0.309. The van der Waals surface area contributed by atoms with E-state index in [0.717, 1.165) is 25.1 Å². The van der Waals surface area contributed by atoms with Crippen molar-refractivity contribution in [2.45, 2.75) is 6.42 Å². The molecule has 5 rings (SSSR count). The van der Waals surface area contributed by atoms with Crippen LogP contribution in [-0.4, -0.2) is 79.6 Å². The van der Waals surface area contributed by atoms with Gasteiger partial charge in [-0.1, -0.05) is 0 Å². The number of carbonyl (C=O) groups excluding carboxylic acids is 1. The third-order valence-electron chi connectivity index (χ3n) is 5.88. The van der Waals surface area contributed by atoms with E-state index < -0.39 is 11.6 Å². The van der Waals surface area contributed by atoms with E-state index in [1.165, 1.54) is 11.8 Å². The molecule has 0 spiro atoms. The monoisotopic (exact) mass is 504 g/mol. The molecule has 0 bridgehead atoms. The van der Waals surface area contributed by atoms with E-state index in [-0.39, 0.29) is 23.0 Å². The Balaban J connectivity index is 1.65. The zero-order valence-electron chi connectivity index (χ0n) is 20.5. The first-order chi connectivity index (χ1) is 17.9. The van der Waals surface area contributed by atoms with Gasteiger partial charge in [0.05, 0.1) is 35.5 Å². The predicted octanol–water partition coefficient (Wildman–Crippen LogP) is 2.67. The van der Waals surface area contributed by atoms with Gasteiger partial charge in [-0.25, -0.2) is 18.6 Å². The highest BCUT2D eigenvalue weighted by Gasteiger charge is 2.23. The number of fused-ring (bicyclic) bond motifs is 2.